The minimum Gasteiger partial charge on any atom is -0.497 e. The summed E-state index contributed by atoms with van der Waals surface area (Å²) in [5.74, 6) is -0.431. The van der Waals surface area contributed by atoms with E-state index in [1.165, 1.54) is 6.07 Å². The first kappa shape index (κ1) is 24.3. The number of nitrogens with zero attached hydrogens (tertiary/aromatic N) is 2. The summed E-state index contributed by atoms with van der Waals surface area (Å²) >= 11 is 0. The summed E-state index contributed by atoms with van der Waals surface area (Å²) in [7, 11) is 1.57. The topological polar surface area (TPSA) is 111 Å². The van der Waals surface area contributed by atoms with Crippen molar-refractivity contribution < 1.29 is 28.4 Å². The van der Waals surface area contributed by atoms with E-state index >= 15 is 0 Å². The van der Waals surface area contributed by atoms with Crippen LogP contribution in [0.1, 0.15) is 44.1 Å². The lowest BCUT2D eigenvalue weighted by Gasteiger charge is -2.35. The molecular weight excluding hydrogens is 426 g/mol. The van der Waals surface area contributed by atoms with Gasteiger partial charge >= 0.3 is 5.97 Å². The fraction of sp³-hybridized carbons (Fsp3) is 0.500. The molecule has 1 saturated heterocycles. The molecule has 2 unspecified atom stereocenters. The number of rotatable bonds is 8. The smallest absolute Gasteiger partial charge is 0.310 e. The number of benzene rings is 1. The van der Waals surface area contributed by atoms with Crippen LogP contribution in [0.2, 0.25) is 0 Å². The molecule has 2 atom stereocenters. The number of methoxy groups -OCH3 is 1. The quantitative estimate of drug-likeness (QED) is 0.607. The lowest BCUT2D eigenvalue weighted by molar-refractivity contribution is -0.151. The molecule has 0 spiro atoms. The van der Waals surface area contributed by atoms with Gasteiger partial charge in [0.15, 0.2) is 11.5 Å². The average molecular weight is 458 g/mol. The first-order chi connectivity index (χ1) is 15.8. The zero-order valence-electron chi connectivity index (χ0n) is 19.5. The number of likely N-dealkylation sites (tertiary alicyclic amines) is 1. The van der Waals surface area contributed by atoms with Crippen molar-refractivity contribution in [2.75, 3.05) is 26.8 Å². The van der Waals surface area contributed by atoms with Gasteiger partial charge in [0, 0.05) is 24.7 Å². The molecule has 1 aliphatic heterocycles. The summed E-state index contributed by atoms with van der Waals surface area (Å²) in [6, 6.07) is 7.99. The highest BCUT2D eigenvalue weighted by Crippen LogP contribution is 2.25. The molecule has 9 heteroatoms. The van der Waals surface area contributed by atoms with E-state index < -0.39 is 11.9 Å². The van der Waals surface area contributed by atoms with Crippen molar-refractivity contribution in [2.45, 2.75) is 39.7 Å². The molecule has 33 heavy (non-hydrogen) atoms. The molecule has 1 fully saturated rings. The summed E-state index contributed by atoms with van der Waals surface area (Å²) in [6.45, 7) is 6.62. The van der Waals surface area contributed by atoms with Gasteiger partial charge in [-0.3, -0.25) is 14.4 Å². The number of carbonyl (C=O) groups excluding carboxylic acids is 3. The lowest BCUT2D eigenvalue weighted by Crippen LogP contribution is -2.54. The van der Waals surface area contributed by atoms with Crippen molar-refractivity contribution in [3.05, 3.63) is 36.0 Å². The predicted octanol–water partition coefficient (Wildman–Crippen LogP) is 2.91. The highest BCUT2D eigenvalue weighted by molar-refractivity contribution is 5.97. The third-order valence-corrected chi connectivity index (χ3v) is 5.67. The van der Waals surface area contributed by atoms with Crippen LogP contribution in [0.3, 0.4) is 0 Å². The Morgan fingerprint density at radius 2 is 2.06 bits per heavy atom. The average Bonchev–Trinajstić information content (AvgIpc) is 3.32. The molecule has 2 heterocycles. The van der Waals surface area contributed by atoms with Gasteiger partial charge in [-0.05, 0) is 37.8 Å². The molecule has 0 aliphatic carbocycles. The minimum absolute atomic E-state index is 0.0781. The number of nitrogens with one attached hydrogen (secondary N) is 1. The molecule has 2 amide bonds. The van der Waals surface area contributed by atoms with E-state index in [4.69, 9.17) is 14.0 Å². The molecule has 1 N–H and O–H groups in total. The number of aromatic nitrogens is 1. The highest BCUT2D eigenvalue weighted by atomic mass is 16.5. The van der Waals surface area contributed by atoms with Gasteiger partial charge in [0.2, 0.25) is 5.91 Å². The maximum atomic E-state index is 13.2. The summed E-state index contributed by atoms with van der Waals surface area (Å²) in [5.41, 5.74) is 0.796. The van der Waals surface area contributed by atoms with Crippen LogP contribution in [0.25, 0.3) is 11.3 Å². The first-order valence-electron chi connectivity index (χ1n) is 11.2. The fourth-order valence-corrected chi connectivity index (χ4v) is 3.85. The second-order valence-corrected chi connectivity index (χ2v) is 8.38. The van der Waals surface area contributed by atoms with Crippen molar-refractivity contribution in [3.8, 4) is 17.1 Å². The normalized spacial score (nSPS) is 16.9. The van der Waals surface area contributed by atoms with Gasteiger partial charge in [0.25, 0.3) is 5.91 Å². The maximum absolute atomic E-state index is 13.2. The Bertz CT molecular complexity index is 986. The number of esters is 1. The van der Waals surface area contributed by atoms with Gasteiger partial charge in [-0.2, -0.15) is 0 Å². The Hall–Kier alpha value is -3.36. The van der Waals surface area contributed by atoms with Crippen LogP contribution in [-0.2, 0) is 14.3 Å². The Morgan fingerprint density at radius 1 is 1.27 bits per heavy atom. The van der Waals surface area contributed by atoms with Crippen LogP contribution in [0, 0.1) is 11.8 Å². The van der Waals surface area contributed by atoms with Gasteiger partial charge in [-0.15, -0.1) is 0 Å². The number of hydrogen-bond acceptors (Lipinski definition) is 7. The first-order valence-corrected chi connectivity index (χ1v) is 11.2. The van der Waals surface area contributed by atoms with Crippen LogP contribution in [0.15, 0.2) is 34.9 Å². The minimum atomic E-state index is -0.754. The largest absolute Gasteiger partial charge is 0.497 e. The maximum Gasteiger partial charge on any atom is 0.310 e. The zero-order chi connectivity index (χ0) is 24.0. The van der Waals surface area contributed by atoms with Gasteiger partial charge in [-0.25, -0.2) is 0 Å². The molecule has 0 radical (unpaired) electrons. The fourth-order valence-electron chi connectivity index (χ4n) is 3.85. The van der Waals surface area contributed by atoms with Crippen molar-refractivity contribution in [1.29, 1.82) is 0 Å². The SMILES string of the molecule is CCOC(=O)C1CCCN(C(=O)C(NC(=O)c2cc(-c3cccc(OC)c3)on2)C(C)C)C1. The van der Waals surface area contributed by atoms with Crippen LogP contribution in [0.5, 0.6) is 5.75 Å². The van der Waals surface area contributed by atoms with E-state index in [0.29, 0.717) is 44.0 Å². The Balaban J connectivity index is 1.69. The van der Waals surface area contributed by atoms with Crippen molar-refractivity contribution in [1.82, 2.24) is 15.4 Å². The number of amides is 2. The Labute approximate surface area is 193 Å². The third-order valence-electron chi connectivity index (χ3n) is 5.67. The van der Waals surface area contributed by atoms with Crippen molar-refractivity contribution in [2.24, 2.45) is 11.8 Å². The molecule has 0 saturated carbocycles. The van der Waals surface area contributed by atoms with Crippen molar-refractivity contribution >= 4 is 17.8 Å². The zero-order valence-corrected chi connectivity index (χ0v) is 19.5. The van der Waals surface area contributed by atoms with E-state index in [1.807, 2.05) is 26.0 Å². The number of ether oxygens (including phenoxy) is 2. The molecule has 3 rings (SSSR count). The molecule has 0 bridgehead atoms. The summed E-state index contributed by atoms with van der Waals surface area (Å²) in [5, 5.41) is 6.67. The van der Waals surface area contributed by atoms with Crippen LogP contribution < -0.4 is 10.1 Å². The number of hydrogen-bond donors (Lipinski definition) is 1. The van der Waals surface area contributed by atoms with Crippen LogP contribution in [-0.4, -0.2) is 60.7 Å². The third kappa shape index (κ3) is 5.91. The molecule has 1 aromatic heterocycles. The van der Waals surface area contributed by atoms with E-state index in [0.717, 1.165) is 5.56 Å². The lowest BCUT2D eigenvalue weighted by atomic mass is 9.95. The van der Waals surface area contributed by atoms with Gasteiger partial charge < -0.3 is 24.2 Å². The van der Waals surface area contributed by atoms with E-state index in [9.17, 15) is 14.4 Å². The predicted molar refractivity (Wildman–Crippen MR) is 121 cm³/mol. The Kier molecular flexibility index (Phi) is 8.08. The molecule has 1 aromatic carbocycles. The molecular formula is C24H31N3O6. The molecule has 9 nitrogen and oxygen atoms in total. The number of piperidine rings is 1. The van der Waals surface area contributed by atoms with Crippen molar-refractivity contribution in [3.63, 3.8) is 0 Å². The number of carbonyl (C=O) groups is 3. The summed E-state index contributed by atoms with van der Waals surface area (Å²) < 4.78 is 15.7. The summed E-state index contributed by atoms with van der Waals surface area (Å²) in [6.07, 6.45) is 1.40. The van der Waals surface area contributed by atoms with Gasteiger partial charge in [-0.1, -0.05) is 31.1 Å². The van der Waals surface area contributed by atoms with E-state index in [-0.39, 0.29) is 29.4 Å². The van der Waals surface area contributed by atoms with E-state index in [2.05, 4.69) is 10.5 Å². The van der Waals surface area contributed by atoms with E-state index in [1.54, 1.807) is 31.1 Å². The molecule has 1 aliphatic rings. The Morgan fingerprint density at radius 3 is 2.76 bits per heavy atom. The second kappa shape index (κ2) is 11.0. The summed E-state index contributed by atoms with van der Waals surface area (Å²) in [4.78, 5) is 39.9. The van der Waals surface area contributed by atoms with Gasteiger partial charge in [0.1, 0.15) is 11.8 Å². The van der Waals surface area contributed by atoms with Gasteiger partial charge in [0.05, 0.1) is 19.6 Å². The standard InChI is InChI=1S/C24H31N3O6/c1-5-32-24(30)17-9-7-11-27(14-17)23(29)21(15(2)3)25-22(28)19-13-20(33-26-19)16-8-6-10-18(12-16)31-4/h6,8,10,12-13,15,17,21H,5,7,9,11,14H2,1-4H3,(H,25,28). The monoisotopic (exact) mass is 457 g/mol. The van der Waals surface area contributed by atoms with Crippen LogP contribution >= 0.6 is 0 Å². The highest BCUT2D eigenvalue weighted by Gasteiger charge is 2.35. The molecule has 2 aromatic rings. The molecule has 178 valence electrons. The second-order valence-electron chi connectivity index (χ2n) is 8.38. The van der Waals surface area contributed by atoms with Crippen LogP contribution in [0.4, 0.5) is 0 Å².